The van der Waals surface area contributed by atoms with Gasteiger partial charge >= 0.3 is 7.87 Å². The second-order valence-corrected chi connectivity index (χ2v) is 7.39. The van der Waals surface area contributed by atoms with E-state index in [1.54, 1.807) is 14.2 Å². The zero-order valence-corrected chi connectivity index (χ0v) is 11.0. The standard InChI is InChI=1S/C12H13ClO2Si/c1-14-16(13,15-2)12-9-5-7-10-6-3-4-8-11(10)12/h3-9H,1-2H3. The Balaban J connectivity index is 2.69. The van der Waals surface area contributed by atoms with Crippen LogP contribution in [0.5, 0.6) is 0 Å². The molecule has 2 aromatic carbocycles. The number of halogens is 1. The Hall–Kier alpha value is -0.873. The highest BCUT2D eigenvalue weighted by molar-refractivity contribution is 7.21. The summed E-state index contributed by atoms with van der Waals surface area (Å²) in [5.41, 5.74) is 0. The van der Waals surface area contributed by atoms with E-state index in [1.807, 2.05) is 30.3 Å². The highest BCUT2D eigenvalue weighted by Gasteiger charge is 2.37. The predicted octanol–water partition coefficient (Wildman–Crippen LogP) is 2.52. The second kappa shape index (κ2) is 4.55. The third-order valence-electron chi connectivity index (χ3n) is 2.64. The zero-order chi connectivity index (χ0) is 11.6. The van der Waals surface area contributed by atoms with Gasteiger partial charge in [-0.1, -0.05) is 53.5 Å². The molecule has 0 bridgehead atoms. The Labute approximate surface area is 101 Å². The van der Waals surface area contributed by atoms with E-state index in [-0.39, 0.29) is 0 Å². The Kier molecular flexibility index (Phi) is 3.30. The Morgan fingerprint density at radius 2 is 1.56 bits per heavy atom. The van der Waals surface area contributed by atoms with Gasteiger partial charge < -0.3 is 8.85 Å². The molecule has 4 heteroatoms. The van der Waals surface area contributed by atoms with E-state index in [1.165, 1.54) is 0 Å². The van der Waals surface area contributed by atoms with Crippen LogP contribution in [0.3, 0.4) is 0 Å². The molecule has 84 valence electrons. The first kappa shape index (κ1) is 11.6. The highest BCUT2D eigenvalue weighted by atomic mass is 35.6. The molecule has 0 aromatic heterocycles. The molecule has 0 unspecified atom stereocenters. The van der Waals surface area contributed by atoms with Crippen LogP contribution in [0.1, 0.15) is 0 Å². The minimum Gasteiger partial charge on any atom is -0.383 e. The van der Waals surface area contributed by atoms with E-state index < -0.39 is 7.87 Å². The predicted molar refractivity (Wildman–Crippen MR) is 69.2 cm³/mol. The van der Waals surface area contributed by atoms with Gasteiger partial charge in [-0.2, -0.15) is 0 Å². The summed E-state index contributed by atoms with van der Waals surface area (Å²) in [6.45, 7) is 0. The summed E-state index contributed by atoms with van der Waals surface area (Å²) in [6.07, 6.45) is 0. The third kappa shape index (κ3) is 1.87. The summed E-state index contributed by atoms with van der Waals surface area (Å²) in [7, 11) is 0.410. The molecule has 0 aliphatic rings. The fourth-order valence-electron chi connectivity index (χ4n) is 1.79. The molecule has 0 aliphatic carbocycles. The first-order chi connectivity index (χ1) is 7.71. The van der Waals surface area contributed by atoms with Crippen LogP contribution < -0.4 is 5.19 Å². The summed E-state index contributed by atoms with van der Waals surface area (Å²) in [5.74, 6) is 0. The van der Waals surface area contributed by atoms with Crippen molar-refractivity contribution in [2.24, 2.45) is 0 Å². The van der Waals surface area contributed by atoms with Gasteiger partial charge in [0.15, 0.2) is 0 Å². The first-order valence-electron chi connectivity index (χ1n) is 4.99. The molecule has 0 N–H and O–H groups in total. The molecule has 0 spiro atoms. The average Bonchev–Trinajstić information content (AvgIpc) is 2.37. The lowest BCUT2D eigenvalue weighted by atomic mass is 10.1. The van der Waals surface area contributed by atoms with Crippen molar-refractivity contribution in [3.63, 3.8) is 0 Å². The van der Waals surface area contributed by atoms with Crippen molar-refractivity contribution in [1.82, 2.24) is 0 Å². The Morgan fingerprint density at radius 1 is 0.938 bits per heavy atom. The zero-order valence-electron chi connectivity index (χ0n) is 9.24. The van der Waals surface area contributed by atoms with Crippen molar-refractivity contribution >= 4 is 34.9 Å². The third-order valence-corrected chi connectivity index (χ3v) is 6.30. The number of rotatable bonds is 3. The van der Waals surface area contributed by atoms with Crippen LogP contribution in [0, 0.1) is 0 Å². The molecule has 2 rings (SSSR count). The van der Waals surface area contributed by atoms with Crippen molar-refractivity contribution in [1.29, 1.82) is 0 Å². The maximum Gasteiger partial charge on any atom is 0.478 e. The number of hydrogen-bond acceptors (Lipinski definition) is 2. The van der Waals surface area contributed by atoms with Crippen molar-refractivity contribution in [2.45, 2.75) is 0 Å². The highest BCUT2D eigenvalue weighted by Crippen LogP contribution is 2.18. The summed E-state index contributed by atoms with van der Waals surface area (Å²) < 4.78 is 10.7. The van der Waals surface area contributed by atoms with E-state index in [4.69, 9.17) is 19.9 Å². The first-order valence-corrected chi connectivity index (χ1v) is 7.81. The molecule has 2 nitrogen and oxygen atoms in total. The average molecular weight is 253 g/mol. The molecule has 2 aromatic rings. The molecule has 0 atom stereocenters. The molecule has 0 aliphatic heterocycles. The second-order valence-electron chi connectivity index (χ2n) is 3.47. The van der Waals surface area contributed by atoms with Gasteiger partial charge in [0, 0.05) is 19.4 Å². The minimum absolute atomic E-state index is 0.956. The van der Waals surface area contributed by atoms with Crippen LogP contribution in [0.2, 0.25) is 0 Å². The van der Waals surface area contributed by atoms with Gasteiger partial charge in [-0.25, -0.2) is 0 Å². The maximum absolute atomic E-state index is 6.41. The van der Waals surface area contributed by atoms with Gasteiger partial charge in [0.05, 0.1) is 0 Å². The van der Waals surface area contributed by atoms with Crippen LogP contribution in [0.15, 0.2) is 42.5 Å². The van der Waals surface area contributed by atoms with Crippen molar-refractivity contribution in [2.75, 3.05) is 14.2 Å². The van der Waals surface area contributed by atoms with Gasteiger partial charge in [0.1, 0.15) is 0 Å². The number of hydrogen-bond donors (Lipinski definition) is 0. The van der Waals surface area contributed by atoms with Gasteiger partial charge in [-0.3, -0.25) is 0 Å². The molecular weight excluding hydrogens is 240 g/mol. The summed E-state index contributed by atoms with van der Waals surface area (Å²) in [6, 6.07) is 14.1. The molecule has 16 heavy (non-hydrogen) atoms. The van der Waals surface area contributed by atoms with Gasteiger partial charge in [0.2, 0.25) is 0 Å². The van der Waals surface area contributed by atoms with E-state index in [0.717, 1.165) is 16.0 Å². The largest absolute Gasteiger partial charge is 0.478 e. The minimum atomic E-state index is -2.77. The van der Waals surface area contributed by atoms with Crippen LogP contribution in [-0.4, -0.2) is 22.1 Å². The van der Waals surface area contributed by atoms with E-state index in [9.17, 15) is 0 Å². The molecule has 0 fully saturated rings. The van der Waals surface area contributed by atoms with Crippen LogP contribution >= 0.6 is 11.1 Å². The lowest BCUT2D eigenvalue weighted by molar-refractivity contribution is 0.281. The van der Waals surface area contributed by atoms with Crippen LogP contribution in [-0.2, 0) is 8.85 Å². The van der Waals surface area contributed by atoms with E-state index >= 15 is 0 Å². The van der Waals surface area contributed by atoms with Crippen molar-refractivity contribution in [3.05, 3.63) is 42.5 Å². The Morgan fingerprint density at radius 3 is 2.25 bits per heavy atom. The monoisotopic (exact) mass is 252 g/mol. The molecule has 0 saturated carbocycles. The summed E-state index contributed by atoms with van der Waals surface area (Å²) in [4.78, 5) is 0. The molecular formula is C12H13ClO2Si. The normalized spacial score (nSPS) is 11.9. The summed E-state index contributed by atoms with van der Waals surface area (Å²) >= 11 is 6.41. The van der Waals surface area contributed by atoms with Crippen molar-refractivity contribution in [3.8, 4) is 0 Å². The fraction of sp³-hybridized carbons (Fsp3) is 0.167. The quantitative estimate of drug-likeness (QED) is 0.617. The lowest BCUT2D eigenvalue weighted by Crippen LogP contribution is -2.47. The fourth-order valence-corrected chi connectivity index (χ4v) is 3.73. The molecule has 0 saturated heterocycles. The number of benzene rings is 2. The molecule has 0 radical (unpaired) electrons. The molecule has 0 amide bonds. The van der Waals surface area contributed by atoms with Gasteiger partial charge in [0.25, 0.3) is 0 Å². The molecule has 0 heterocycles. The van der Waals surface area contributed by atoms with E-state index in [0.29, 0.717) is 0 Å². The van der Waals surface area contributed by atoms with Crippen molar-refractivity contribution < 1.29 is 8.85 Å². The van der Waals surface area contributed by atoms with E-state index in [2.05, 4.69) is 12.1 Å². The van der Waals surface area contributed by atoms with Gasteiger partial charge in [-0.15, -0.1) is 0 Å². The SMILES string of the molecule is CO[Si](Cl)(OC)c1cccc2ccccc12. The smallest absolute Gasteiger partial charge is 0.383 e. The maximum atomic E-state index is 6.41. The van der Waals surface area contributed by atoms with Crippen LogP contribution in [0.25, 0.3) is 10.8 Å². The lowest BCUT2D eigenvalue weighted by Gasteiger charge is -2.21. The van der Waals surface area contributed by atoms with Crippen LogP contribution in [0.4, 0.5) is 0 Å². The number of fused-ring (bicyclic) bond motifs is 1. The summed E-state index contributed by atoms with van der Waals surface area (Å²) in [5, 5.41) is 3.19. The van der Waals surface area contributed by atoms with Gasteiger partial charge in [-0.05, 0) is 10.8 Å². The topological polar surface area (TPSA) is 18.5 Å². The Bertz CT molecular complexity index is 492.